The summed E-state index contributed by atoms with van der Waals surface area (Å²) in [5, 5.41) is 9.01. The number of nitrogens with one attached hydrogen (secondary N) is 2. The summed E-state index contributed by atoms with van der Waals surface area (Å²) in [4.78, 5) is 18.2. The molecule has 1 aromatic rings. The lowest BCUT2D eigenvalue weighted by Gasteiger charge is -2.32. The monoisotopic (exact) mass is 254 g/mol. The molecule has 2 unspecified atom stereocenters. The van der Waals surface area contributed by atoms with Gasteiger partial charge in [-0.2, -0.15) is 0 Å². The minimum atomic E-state index is -0.132. The normalized spacial score (nSPS) is 22.4. The number of carbonyl (C=O) groups excluding carboxylic acids is 1. The maximum atomic E-state index is 11.6. The summed E-state index contributed by atoms with van der Waals surface area (Å²) < 4.78 is 0. The number of thiazole rings is 1. The first-order valence-corrected chi connectivity index (χ1v) is 6.68. The van der Waals surface area contributed by atoms with Crippen LogP contribution in [0.3, 0.4) is 0 Å². The van der Waals surface area contributed by atoms with Gasteiger partial charge in [0.05, 0.1) is 5.69 Å². The molecule has 5 nitrogen and oxygen atoms in total. The third-order valence-electron chi connectivity index (χ3n) is 3.13. The number of hydrogen-bond donors (Lipinski definition) is 2. The Bertz CT molecular complexity index is 406. The summed E-state index contributed by atoms with van der Waals surface area (Å²) in [6.45, 7) is 5.51. The second-order valence-corrected chi connectivity index (χ2v) is 5.06. The topological polar surface area (TPSA) is 57.3 Å². The van der Waals surface area contributed by atoms with Gasteiger partial charge in [-0.25, -0.2) is 4.98 Å². The lowest BCUT2D eigenvalue weighted by atomic mass is 10.2. The van der Waals surface area contributed by atoms with Crippen molar-refractivity contribution in [2.75, 3.05) is 25.0 Å². The van der Waals surface area contributed by atoms with E-state index in [1.54, 1.807) is 11.3 Å². The van der Waals surface area contributed by atoms with Crippen LogP contribution in [0.2, 0.25) is 0 Å². The van der Waals surface area contributed by atoms with E-state index in [-0.39, 0.29) is 18.0 Å². The van der Waals surface area contributed by atoms with E-state index in [0.717, 1.165) is 17.4 Å². The highest BCUT2D eigenvalue weighted by Gasteiger charge is 2.27. The molecule has 0 aromatic carbocycles. The molecule has 1 aromatic heterocycles. The summed E-state index contributed by atoms with van der Waals surface area (Å²) in [5.74, 6) is 0.0784. The van der Waals surface area contributed by atoms with Crippen molar-refractivity contribution in [1.82, 2.24) is 15.6 Å². The average molecular weight is 254 g/mol. The summed E-state index contributed by atoms with van der Waals surface area (Å²) in [5.41, 5.74) is 1.03. The number of amides is 1. The van der Waals surface area contributed by atoms with E-state index in [9.17, 15) is 4.79 Å². The zero-order valence-electron chi connectivity index (χ0n) is 10.4. The van der Waals surface area contributed by atoms with Gasteiger partial charge in [-0.1, -0.05) is 0 Å². The van der Waals surface area contributed by atoms with Crippen LogP contribution in [0.15, 0.2) is 5.38 Å². The number of anilines is 1. The number of rotatable bonds is 3. The van der Waals surface area contributed by atoms with Crippen molar-refractivity contribution in [2.45, 2.75) is 25.9 Å². The Labute approximate surface area is 105 Å². The number of piperazine rings is 1. The fourth-order valence-electron chi connectivity index (χ4n) is 1.80. The van der Waals surface area contributed by atoms with Crippen LogP contribution in [-0.4, -0.2) is 37.1 Å². The van der Waals surface area contributed by atoms with Gasteiger partial charge >= 0.3 is 0 Å². The van der Waals surface area contributed by atoms with E-state index in [4.69, 9.17) is 0 Å². The van der Waals surface area contributed by atoms with Crippen LogP contribution >= 0.6 is 11.3 Å². The summed E-state index contributed by atoms with van der Waals surface area (Å²) in [7, 11) is 1.92. The first kappa shape index (κ1) is 12.3. The van der Waals surface area contributed by atoms with Crippen molar-refractivity contribution in [1.29, 1.82) is 0 Å². The van der Waals surface area contributed by atoms with Crippen molar-refractivity contribution < 1.29 is 4.79 Å². The highest BCUT2D eigenvalue weighted by molar-refractivity contribution is 7.13. The predicted molar refractivity (Wildman–Crippen MR) is 69.4 cm³/mol. The van der Waals surface area contributed by atoms with Crippen LogP contribution < -0.4 is 15.5 Å². The van der Waals surface area contributed by atoms with E-state index in [1.807, 2.05) is 14.0 Å². The number of nitrogens with zero attached hydrogens (tertiary/aromatic N) is 2. The van der Waals surface area contributed by atoms with Gasteiger partial charge < -0.3 is 15.5 Å². The van der Waals surface area contributed by atoms with E-state index in [0.29, 0.717) is 6.54 Å². The third-order valence-corrected chi connectivity index (χ3v) is 4.03. The molecule has 1 aliphatic rings. The second kappa shape index (κ2) is 5.01. The molecule has 0 spiro atoms. The summed E-state index contributed by atoms with van der Waals surface area (Å²) in [6, 6.07) is 0.113. The fourth-order valence-corrected chi connectivity index (χ4v) is 2.82. The number of carbonyl (C=O) groups is 1. The molecular formula is C11H18N4OS. The van der Waals surface area contributed by atoms with Gasteiger partial charge in [0.15, 0.2) is 5.13 Å². The molecule has 2 heterocycles. The van der Waals surface area contributed by atoms with Crippen LogP contribution in [-0.2, 0) is 4.79 Å². The lowest BCUT2D eigenvalue weighted by Crippen LogP contribution is -2.54. The highest BCUT2D eigenvalue weighted by atomic mass is 32.1. The zero-order chi connectivity index (χ0) is 12.4. The van der Waals surface area contributed by atoms with Gasteiger partial charge in [-0.15, -0.1) is 11.3 Å². The average Bonchev–Trinajstić information content (AvgIpc) is 2.81. The lowest BCUT2D eigenvalue weighted by molar-refractivity contribution is -0.122. The molecule has 17 heavy (non-hydrogen) atoms. The van der Waals surface area contributed by atoms with Gasteiger partial charge in [0.25, 0.3) is 0 Å². The maximum Gasteiger partial charge on any atom is 0.242 e. The molecule has 6 heteroatoms. The van der Waals surface area contributed by atoms with Crippen LogP contribution in [0.5, 0.6) is 0 Å². The first-order chi connectivity index (χ1) is 8.13. The van der Waals surface area contributed by atoms with Gasteiger partial charge in [0, 0.05) is 24.5 Å². The van der Waals surface area contributed by atoms with Crippen LogP contribution in [0.4, 0.5) is 5.13 Å². The van der Waals surface area contributed by atoms with Crippen LogP contribution in [0, 0.1) is 0 Å². The summed E-state index contributed by atoms with van der Waals surface area (Å²) in [6.07, 6.45) is 0. The van der Waals surface area contributed by atoms with Crippen molar-refractivity contribution in [3.8, 4) is 0 Å². The largest absolute Gasteiger partial charge is 0.353 e. The van der Waals surface area contributed by atoms with Crippen molar-refractivity contribution >= 4 is 22.4 Å². The Morgan fingerprint density at radius 1 is 1.71 bits per heavy atom. The number of hydrogen-bond acceptors (Lipinski definition) is 5. The van der Waals surface area contributed by atoms with Crippen LogP contribution in [0.25, 0.3) is 0 Å². The standard InChI is InChI=1S/C11H18N4OS/c1-7(12-3)9-6-17-11(14-9)15-5-4-13-10(16)8(15)2/h6-8,12H,4-5H2,1-3H3,(H,13,16). The molecule has 2 N–H and O–H groups in total. The SMILES string of the molecule is CNC(C)c1csc(N2CCNC(=O)C2C)n1. The Morgan fingerprint density at radius 2 is 2.47 bits per heavy atom. The maximum absolute atomic E-state index is 11.6. The van der Waals surface area contributed by atoms with E-state index >= 15 is 0 Å². The first-order valence-electron chi connectivity index (χ1n) is 5.80. The molecule has 0 aliphatic carbocycles. The molecule has 0 saturated carbocycles. The van der Waals surface area contributed by atoms with E-state index in [2.05, 4.69) is 32.8 Å². The third kappa shape index (κ3) is 2.42. The fraction of sp³-hybridized carbons (Fsp3) is 0.636. The molecule has 0 bridgehead atoms. The highest BCUT2D eigenvalue weighted by Crippen LogP contribution is 2.26. The Morgan fingerprint density at radius 3 is 3.18 bits per heavy atom. The molecule has 0 radical (unpaired) electrons. The van der Waals surface area contributed by atoms with Gasteiger partial charge in [-0.3, -0.25) is 4.79 Å². The zero-order valence-corrected chi connectivity index (χ0v) is 11.2. The van der Waals surface area contributed by atoms with Crippen molar-refractivity contribution in [3.05, 3.63) is 11.1 Å². The minimum absolute atomic E-state index is 0.0784. The Balaban J connectivity index is 2.16. The van der Waals surface area contributed by atoms with Crippen LogP contribution in [0.1, 0.15) is 25.6 Å². The Hall–Kier alpha value is -1.14. The van der Waals surface area contributed by atoms with Gasteiger partial charge in [0.2, 0.25) is 5.91 Å². The molecule has 2 rings (SSSR count). The quantitative estimate of drug-likeness (QED) is 0.835. The molecule has 1 fully saturated rings. The number of aromatic nitrogens is 1. The molecule has 1 amide bonds. The van der Waals surface area contributed by atoms with Crippen molar-refractivity contribution in [2.24, 2.45) is 0 Å². The van der Waals surface area contributed by atoms with E-state index < -0.39 is 0 Å². The summed E-state index contributed by atoms with van der Waals surface area (Å²) >= 11 is 1.60. The second-order valence-electron chi connectivity index (χ2n) is 4.23. The van der Waals surface area contributed by atoms with E-state index in [1.165, 1.54) is 0 Å². The molecule has 94 valence electrons. The smallest absolute Gasteiger partial charge is 0.242 e. The Kier molecular flexibility index (Phi) is 3.63. The van der Waals surface area contributed by atoms with Gasteiger partial charge in [-0.05, 0) is 20.9 Å². The molecule has 1 aliphatic heterocycles. The molecular weight excluding hydrogens is 236 g/mol. The minimum Gasteiger partial charge on any atom is -0.353 e. The molecule has 2 atom stereocenters. The predicted octanol–water partition coefficient (Wildman–Crippen LogP) is 0.748. The van der Waals surface area contributed by atoms with Crippen molar-refractivity contribution in [3.63, 3.8) is 0 Å². The molecule has 1 saturated heterocycles. The van der Waals surface area contributed by atoms with Gasteiger partial charge in [0.1, 0.15) is 6.04 Å².